The maximum Gasteiger partial charge on any atom is 0.319 e. The van der Waals surface area contributed by atoms with Crippen LogP contribution in [0.3, 0.4) is 0 Å². The van der Waals surface area contributed by atoms with E-state index in [4.69, 9.17) is 14.2 Å². The zero-order valence-corrected chi connectivity index (χ0v) is 16.7. The summed E-state index contributed by atoms with van der Waals surface area (Å²) in [7, 11) is 4.60. The van der Waals surface area contributed by atoms with Crippen LogP contribution in [0.1, 0.15) is 18.5 Å². The lowest BCUT2D eigenvalue weighted by Crippen LogP contribution is -2.46. The Hall–Kier alpha value is -3.68. The van der Waals surface area contributed by atoms with Gasteiger partial charge in [0.1, 0.15) is 17.2 Å². The van der Waals surface area contributed by atoms with Crippen LogP contribution in [0.4, 0.5) is 10.5 Å². The first kappa shape index (κ1) is 20.1. The summed E-state index contributed by atoms with van der Waals surface area (Å²) in [6.45, 7) is 1.68. The summed E-state index contributed by atoms with van der Waals surface area (Å²) in [5.74, 6) is 1.26. The van der Waals surface area contributed by atoms with Crippen molar-refractivity contribution in [3.63, 3.8) is 0 Å². The summed E-state index contributed by atoms with van der Waals surface area (Å²) < 4.78 is 16.0. The van der Waals surface area contributed by atoms with E-state index in [-0.39, 0.29) is 5.91 Å². The number of para-hydroxylation sites is 2. The molecule has 0 saturated heterocycles. The molecule has 3 N–H and O–H groups in total. The quantitative estimate of drug-likeness (QED) is 0.696. The fourth-order valence-electron chi connectivity index (χ4n) is 3.22. The molecule has 0 aromatic heterocycles. The molecule has 0 fully saturated rings. The standard InChI is InChI=1S/C21H23N3O5/c1-12-18(20(25)23-15-7-5-6-8-16(15)28-3)19(24-21(26)22-12)14-10-9-13(27-2)11-17(14)29-4/h5-11,19H,1-4H3,(H,23,25)(H2,22,24,26). The first-order valence-corrected chi connectivity index (χ1v) is 8.93. The number of rotatable bonds is 6. The van der Waals surface area contributed by atoms with Gasteiger partial charge in [0.2, 0.25) is 0 Å². The highest BCUT2D eigenvalue weighted by Gasteiger charge is 2.33. The third-order valence-electron chi connectivity index (χ3n) is 4.62. The average Bonchev–Trinajstić information content (AvgIpc) is 2.72. The molecule has 0 spiro atoms. The van der Waals surface area contributed by atoms with E-state index in [0.717, 1.165) is 0 Å². The summed E-state index contributed by atoms with van der Waals surface area (Å²) in [6.07, 6.45) is 0. The van der Waals surface area contributed by atoms with Crippen LogP contribution in [0.5, 0.6) is 17.2 Å². The lowest BCUT2D eigenvalue weighted by Gasteiger charge is -2.29. The Morgan fingerprint density at radius 2 is 1.72 bits per heavy atom. The van der Waals surface area contributed by atoms with Gasteiger partial charge < -0.3 is 30.2 Å². The molecule has 1 unspecified atom stereocenters. The number of methoxy groups -OCH3 is 3. The molecule has 0 radical (unpaired) electrons. The molecule has 1 aliphatic heterocycles. The van der Waals surface area contributed by atoms with Crippen molar-refractivity contribution in [3.05, 3.63) is 59.3 Å². The molecule has 1 atom stereocenters. The molecule has 2 aromatic rings. The SMILES string of the molecule is COc1ccc(C2NC(=O)NC(C)=C2C(=O)Nc2ccccc2OC)c(OC)c1. The summed E-state index contributed by atoms with van der Waals surface area (Å²) in [4.78, 5) is 25.3. The third-order valence-corrected chi connectivity index (χ3v) is 4.62. The molecule has 3 rings (SSSR count). The third kappa shape index (κ3) is 4.11. The number of ether oxygens (including phenoxy) is 3. The van der Waals surface area contributed by atoms with Crippen molar-refractivity contribution >= 4 is 17.6 Å². The summed E-state index contributed by atoms with van der Waals surface area (Å²) in [5, 5.41) is 8.31. The second kappa shape index (κ2) is 8.55. The smallest absolute Gasteiger partial charge is 0.319 e. The highest BCUT2D eigenvalue weighted by atomic mass is 16.5. The van der Waals surface area contributed by atoms with Gasteiger partial charge >= 0.3 is 6.03 Å². The lowest BCUT2D eigenvalue weighted by molar-refractivity contribution is -0.113. The number of urea groups is 1. The predicted octanol–water partition coefficient (Wildman–Crippen LogP) is 2.98. The molecule has 8 nitrogen and oxygen atoms in total. The molecule has 8 heteroatoms. The van der Waals surface area contributed by atoms with Gasteiger partial charge in [-0.3, -0.25) is 4.79 Å². The largest absolute Gasteiger partial charge is 0.497 e. The van der Waals surface area contributed by atoms with E-state index < -0.39 is 12.1 Å². The Balaban J connectivity index is 2.01. The van der Waals surface area contributed by atoms with Gasteiger partial charge in [0, 0.05) is 17.3 Å². The van der Waals surface area contributed by atoms with Crippen LogP contribution in [-0.2, 0) is 4.79 Å². The number of allylic oxidation sites excluding steroid dienone is 1. The molecule has 0 saturated carbocycles. The van der Waals surface area contributed by atoms with Gasteiger partial charge in [0.25, 0.3) is 5.91 Å². The van der Waals surface area contributed by atoms with Crippen molar-refractivity contribution < 1.29 is 23.8 Å². The number of amides is 3. The highest BCUT2D eigenvalue weighted by molar-refractivity contribution is 6.07. The zero-order chi connectivity index (χ0) is 21.0. The molecular formula is C21H23N3O5. The maximum atomic E-state index is 13.2. The Labute approximate surface area is 168 Å². The minimum Gasteiger partial charge on any atom is -0.497 e. The fraction of sp³-hybridized carbons (Fsp3) is 0.238. The fourth-order valence-corrected chi connectivity index (χ4v) is 3.22. The minimum atomic E-state index is -0.709. The van der Waals surface area contributed by atoms with Gasteiger partial charge in [-0.25, -0.2) is 4.79 Å². The number of nitrogens with one attached hydrogen (secondary N) is 3. The van der Waals surface area contributed by atoms with Crippen LogP contribution in [0.15, 0.2) is 53.7 Å². The summed E-state index contributed by atoms with van der Waals surface area (Å²) in [5.41, 5.74) is 1.97. The number of hydrogen-bond donors (Lipinski definition) is 3. The molecule has 1 heterocycles. The molecule has 1 aliphatic rings. The van der Waals surface area contributed by atoms with Crippen molar-refractivity contribution in [2.24, 2.45) is 0 Å². The summed E-state index contributed by atoms with van der Waals surface area (Å²) >= 11 is 0. The van der Waals surface area contributed by atoms with Gasteiger partial charge in [0.05, 0.1) is 38.6 Å². The van der Waals surface area contributed by atoms with Crippen LogP contribution in [0, 0.1) is 0 Å². The van der Waals surface area contributed by atoms with Crippen LogP contribution >= 0.6 is 0 Å². The maximum absolute atomic E-state index is 13.2. The molecular weight excluding hydrogens is 374 g/mol. The van der Waals surface area contributed by atoms with Gasteiger partial charge in [-0.15, -0.1) is 0 Å². The predicted molar refractivity (Wildman–Crippen MR) is 108 cm³/mol. The lowest BCUT2D eigenvalue weighted by atomic mass is 9.94. The van der Waals surface area contributed by atoms with Gasteiger partial charge in [-0.1, -0.05) is 12.1 Å². The Morgan fingerprint density at radius 3 is 2.41 bits per heavy atom. The van der Waals surface area contributed by atoms with Gasteiger partial charge in [0.15, 0.2) is 0 Å². The number of anilines is 1. The number of carbonyl (C=O) groups is 2. The van der Waals surface area contributed by atoms with Crippen LogP contribution in [0.2, 0.25) is 0 Å². The number of benzene rings is 2. The van der Waals surface area contributed by atoms with E-state index in [1.54, 1.807) is 50.4 Å². The minimum absolute atomic E-state index is 0.360. The van der Waals surface area contributed by atoms with Crippen molar-refractivity contribution in [1.82, 2.24) is 10.6 Å². The molecule has 3 amide bonds. The van der Waals surface area contributed by atoms with E-state index in [0.29, 0.717) is 39.8 Å². The van der Waals surface area contributed by atoms with E-state index in [9.17, 15) is 9.59 Å². The van der Waals surface area contributed by atoms with E-state index in [1.807, 2.05) is 6.07 Å². The molecule has 152 valence electrons. The second-order valence-electron chi connectivity index (χ2n) is 6.33. The average molecular weight is 397 g/mol. The van der Waals surface area contributed by atoms with Crippen molar-refractivity contribution in [2.75, 3.05) is 26.6 Å². The van der Waals surface area contributed by atoms with Crippen LogP contribution in [-0.4, -0.2) is 33.3 Å². The van der Waals surface area contributed by atoms with Gasteiger partial charge in [-0.05, 0) is 31.2 Å². The summed E-state index contributed by atoms with van der Waals surface area (Å²) in [6, 6.07) is 11.2. The Bertz CT molecular complexity index is 971. The van der Waals surface area contributed by atoms with Gasteiger partial charge in [-0.2, -0.15) is 0 Å². The van der Waals surface area contributed by atoms with Crippen molar-refractivity contribution in [2.45, 2.75) is 13.0 Å². The Kier molecular flexibility index (Phi) is 5.92. The highest BCUT2D eigenvalue weighted by Crippen LogP contribution is 2.36. The number of hydrogen-bond acceptors (Lipinski definition) is 5. The Morgan fingerprint density at radius 1 is 1.00 bits per heavy atom. The molecule has 0 aliphatic carbocycles. The molecule has 0 bridgehead atoms. The van der Waals surface area contributed by atoms with Crippen LogP contribution in [0.25, 0.3) is 0 Å². The zero-order valence-electron chi connectivity index (χ0n) is 16.7. The monoisotopic (exact) mass is 397 g/mol. The first-order valence-electron chi connectivity index (χ1n) is 8.93. The van der Waals surface area contributed by atoms with E-state index >= 15 is 0 Å². The first-order chi connectivity index (χ1) is 14.0. The van der Waals surface area contributed by atoms with E-state index in [1.165, 1.54) is 14.2 Å². The van der Waals surface area contributed by atoms with Crippen molar-refractivity contribution in [1.29, 1.82) is 0 Å². The number of carbonyl (C=O) groups excluding carboxylic acids is 2. The normalized spacial score (nSPS) is 15.9. The topological polar surface area (TPSA) is 97.9 Å². The molecule has 29 heavy (non-hydrogen) atoms. The molecule has 2 aromatic carbocycles. The van der Waals surface area contributed by atoms with E-state index in [2.05, 4.69) is 16.0 Å². The van der Waals surface area contributed by atoms with Crippen LogP contribution < -0.4 is 30.2 Å². The second-order valence-corrected chi connectivity index (χ2v) is 6.33. The van der Waals surface area contributed by atoms with Crippen molar-refractivity contribution in [3.8, 4) is 17.2 Å².